The Labute approximate surface area is 113 Å². The van der Waals surface area contributed by atoms with Gasteiger partial charge in [0.1, 0.15) is 0 Å². The van der Waals surface area contributed by atoms with Crippen LogP contribution in [0.2, 0.25) is 0 Å². The van der Waals surface area contributed by atoms with Crippen LogP contribution < -0.4 is 5.32 Å². The van der Waals surface area contributed by atoms with E-state index in [9.17, 15) is 14.7 Å². The van der Waals surface area contributed by atoms with Crippen LogP contribution in [-0.2, 0) is 4.79 Å². The van der Waals surface area contributed by atoms with Crippen LogP contribution in [0.5, 0.6) is 0 Å². The molecule has 2 N–H and O–H groups in total. The zero-order valence-electron chi connectivity index (χ0n) is 11.5. The Kier molecular flexibility index (Phi) is 4.29. The summed E-state index contributed by atoms with van der Waals surface area (Å²) in [5, 5.41) is 12.5. The lowest BCUT2D eigenvalue weighted by Gasteiger charge is -2.38. The first kappa shape index (κ1) is 14.1. The van der Waals surface area contributed by atoms with Gasteiger partial charge in [0, 0.05) is 32.7 Å². The number of hydrogen-bond acceptors (Lipinski definition) is 3. The average molecular weight is 269 g/mol. The molecule has 0 saturated carbocycles. The molecule has 0 aromatic heterocycles. The number of rotatable bonds is 1. The summed E-state index contributed by atoms with van der Waals surface area (Å²) in [4.78, 5) is 27.2. The standard InChI is InChI=1S/C13H23N3O3/c1-13(11(17)18)3-8-16(9-4-13)12(19)15-7-2-5-14-6-10-15/h14H,2-10H2,1H3,(H,17,18). The van der Waals surface area contributed by atoms with Crippen molar-refractivity contribution in [2.75, 3.05) is 39.3 Å². The second-order valence-electron chi connectivity index (χ2n) is 5.73. The first-order valence-electron chi connectivity index (χ1n) is 7.01. The molecular formula is C13H23N3O3. The number of aliphatic carboxylic acids is 1. The summed E-state index contributed by atoms with van der Waals surface area (Å²) in [5.74, 6) is -0.751. The monoisotopic (exact) mass is 269 g/mol. The van der Waals surface area contributed by atoms with Gasteiger partial charge in [-0.1, -0.05) is 0 Å². The zero-order chi connectivity index (χ0) is 13.9. The van der Waals surface area contributed by atoms with Gasteiger partial charge >= 0.3 is 12.0 Å². The number of carbonyl (C=O) groups excluding carboxylic acids is 1. The maximum Gasteiger partial charge on any atom is 0.320 e. The summed E-state index contributed by atoms with van der Waals surface area (Å²) in [5.41, 5.74) is -0.670. The Hall–Kier alpha value is -1.30. The van der Waals surface area contributed by atoms with E-state index < -0.39 is 11.4 Å². The number of piperidine rings is 1. The molecule has 0 aliphatic carbocycles. The van der Waals surface area contributed by atoms with Gasteiger partial charge in [-0.3, -0.25) is 4.79 Å². The minimum Gasteiger partial charge on any atom is -0.481 e. The predicted octanol–water partition coefficient (Wildman–Crippen LogP) is 0.588. The summed E-state index contributed by atoms with van der Waals surface area (Å²) in [6.45, 7) is 6.20. The molecule has 0 atom stereocenters. The van der Waals surface area contributed by atoms with Crippen LogP contribution in [-0.4, -0.2) is 66.2 Å². The van der Waals surface area contributed by atoms with Crippen LogP contribution in [0.4, 0.5) is 4.79 Å². The number of likely N-dealkylation sites (tertiary alicyclic amines) is 1. The molecule has 108 valence electrons. The first-order chi connectivity index (χ1) is 9.03. The molecule has 0 unspecified atom stereocenters. The minimum absolute atomic E-state index is 0.0659. The van der Waals surface area contributed by atoms with Gasteiger partial charge in [0.2, 0.25) is 0 Å². The van der Waals surface area contributed by atoms with Crippen LogP contribution in [0.3, 0.4) is 0 Å². The fourth-order valence-electron chi connectivity index (χ4n) is 2.64. The highest BCUT2D eigenvalue weighted by atomic mass is 16.4. The van der Waals surface area contributed by atoms with E-state index >= 15 is 0 Å². The molecule has 6 nitrogen and oxygen atoms in total. The number of hydrogen-bond donors (Lipinski definition) is 2. The molecule has 2 aliphatic heterocycles. The van der Waals surface area contributed by atoms with Crippen LogP contribution in [0.15, 0.2) is 0 Å². The molecule has 2 amide bonds. The van der Waals surface area contributed by atoms with Crippen molar-refractivity contribution < 1.29 is 14.7 Å². The number of carboxylic acid groups (broad SMARTS) is 1. The Balaban J connectivity index is 1.90. The molecule has 0 aromatic rings. The predicted molar refractivity (Wildman–Crippen MR) is 71.0 cm³/mol. The number of urea groups is 1. The maximum absolute atomic E-state index is 12.4. The number of amides is 2. The lowest BCUT2D eigenvalue weighted by molar-refractivity contribution is -0.150. The van der Waals surface area contributed by atoms with Gasteiger partial charge in [0.25, 0.3) is 0 Å². The summed E-state index contributed by atoms with van der Waals surface area (Å²) in [6.07, 6.45) is 2.06. The average Bonchev–Trinajstić information content (AvgIpc) is 2.67. The lowest BCUT2D eigenvalue weighted by atomic mass is 9.80. The number of nitrogens with zero attached hydrogens (tertiary/aromatic N) is 2. The van der Waals surface area contributed by atoms with E-state index in [-0.39, 0.29) is 6.03 Å². The van der Waals surface area contributed by atoms with Gasteiger partial charge < -0.3 is 20.2 Å². The zero-order valence-corrected chi connectivity index (χ0v) is 11.5. The summed E-state index contributed by atoms with van der Waals surface area (Å²) in [7, 11) is 0. The van der Waals surface area contributed by atoms with Crippen LogP contribution in [0.25, 0.3) is 0 Å². The highest BCUT2D eigenvalue weighted by Gasteiger charge is 2.38. The third-order valence-electron chi connectivity index (χ3n) is 4.26. The Morgan fingerprint density at radius 3 is 2.32 bits per heavy atom. The molecule has 19 heavy (non-hydrogen) atoms. The summed E-state index contributed by atoms with van der Waals surface area (Å²) < 4.78 is 0. The Bertz CT molecular complexity index is 343. The smallest absolute Gasteiger partial charge is 0.320 e. The third-order valence-corrected chi connectivity index (χ3v) is 4.26. The highest BCUT2D eigenvalue weighted by Crippen LogP contribution is 2.31. The van der Waals surface area contributed by atoms with E-state index in [0.717, 1.165) is 32.6 Å². The Morgan fingerprint density at radius 1 is 1.05 bits per heavy atom. The molecular weight excluding hydrogens is 246 g/mol. The summed E-state index contributed by atoms with van der Waals surface area (Å²) >= 11 is 0. The van der Waals surface area contributed by atoms with Gasteiger partial charge in [0.15, 0.2) is 0 Å². The molecule has 6 heteroatoms. The van der Waals surface area contributed by atoms with E-state index in [4.69, 9.17) is 0 Å². The molecule has 2 heterocycles. The molecule has 0 bridgehead atoms. The second kappa shape index (κ2) is 5.77. The molecule has 0 aromatic carbocycles. The van der Waals surface area contributed by atoms with E-state index in [1.54, 1.807) is 11.8 Å². The maximum atomic E-state index is 12.4. The molecule has 2 fully saturated rings. The van der Waals surface area contributed by atoms with Crippen molar-refractivity contribution in [1.82, 2.24) is 15.1 Å². The van der Waals surface area contributed by atoms with Crippen molar-refractivity contribution in [1.29, 1.82) is 0 Å². The fraction of sp³-hybridized carbons (Fsp3) is 0.846. The van der Waals surface area contributed by atoms with Crippen LogP contribution in [0, 0.1) is 5.41 Å². The molecule has 2 aliphatic rings. The Morgan fingerprint density at radius 2 is 1.68 bits per heavy atom. The van der Waals surface area contributed by atoms with Gasteiger partial charge in [-0.25, -0.2) is 4.79 Å². The van der Waals surface area contributed by atoms with Crippen molar-refractivity contribution in [3.63, 3.8) is 0 Å². The summed E-state index contributed by atoms with van der Waals surface area (Å²) in [6, 6.07) is 0.0659. The van der Waals surface area contributed by atoms with E-state index in [1.165, 1.54) is 0 Å². The minimum atomic E-state index is -0.751. The lowest BCUT2D eigenvalue weighted by Crippen LogP contribution is -2.50. The fourth-order valence-corrected chi connectivity index (χ4v) is 2.64. The normalized spacial score (nSPS) is 23.8. The van der Waals surface area contributed by atoms with Crippen LogP contribution >= 0.6 is 0 Å². The van der Waals surface area contributed by atoms with Crippen molar-refractivity contribution in [2.24, 2.45) is 5.41 Å². The molecule has 2 saturated heterocycles. The number of carboxylic acids is 1. The molecule has 2 rings (SSSR count). The van der Waals surface area contributed by atoms with Gasteiger partial charge in [-0.05, 0) is 32.7 Å². The SMILES string of the molecule is CC1(C(=O)O)CCN(C(=O)N2CCCNCC2)CC1. The van der Waals surface area contributed by atoms with Gasteiger partial charge in [-0.15, -0.1) is 0 Å². The topological polar surface area (TPSA) is 72.9 Å². The van der Waals surface area contributed by atoms with Crippen molar-refractivity contribution in [3.05, 3.63) is 0 Å². The third kappa shape index (κ3) is 3.18. The van der Waals surface area contributed by atoms with E-state index in [2.05, 4.69) is 5.32 Å². The quantitative estimate of drug-likeness (QED) is 0.730. The van der Waals surface area contributed by atoms with Gasteiger partial charge in [-0.2, -0.15) is 0 Å². The van der Waals surface area contributed by atoms with E-state index in [0.29, 0.717) is 25.9 Å². The van der Waals surface area contributed by atoms with Crippen molar-refractivity contribution in [3.8, 4) is 0 Å². The number of nitrogens with one attached hydrogen (secondary N) is 1. The highest BCUT2D eigenvalue weighted by molar-refractivity contribution is 5.77. The largest absolute Gasteiger partial charge is 0.481 e. The van der Waals surface area contributed by atoms with Crippen molar-refractivity contribution in [2.45, 2.75) is 26.2 Å². The number of carbonyl (C=O) groups is 2. The van der Waals surface area contributed by atoms with Crippen LogP contribution in [0.1, 0.15) is 26.2 Å². The first-order valence-corrected chi connectivity index (χ1v) is 7.01. The van der Waals surface area contributed by atoms with Gasteiger partial charge in [0.05, 0.1) is 5.41 Å². The van der Waals surface area contributed by atoms with E-state index in [1.807, 2.05) is 4.90 Å². The molecule has 0 radical (unpaired) electrons. The van der Waals surface area contributed by atoms with Crippen molar-refractivity contribution >= 4 is 12.0 Å². The molecule has 0 spiro atoms. The second-order valence-corrected chi connectivity index (χ2v) is 5.73.